The van der Waals surface area contributed by atoms with Crippen molar-refractivity contribution in [1.29, 1.82) is 0 Å². The third-order valence-electron chi connectivity index (χ3n) is 3.25. The van der Waals surface area contributed by atoms with Crippen molar-refractivity contribution in [3.05, 3.63) is 64.7 Å². The molecule has 3 nitrogen and oxygen atoms in total. The first-order chi connectivity index (χ1) is 12.3. The summed E-state index contributed by atoms with van der Waals surface area (Å²) in [5.74, 6) is -1.84. The van der Waals surface area contributed by atoms with Gasteiger partial charge < -0.3 is 4.74 Å². The molecule has 0 radical (unpaired) electrons. The third-order valence-corrected chi connectivity index (χ3v) is 3.25. The highest BCUT2D eigenvalue weighted by atomic mass is 19.4. The number of aryl methyl sites for hydroxylation is 1. The van der Waals surface area contributed by atoms with Gasteiger partial charge in [-0.05, 0) is 53.9 Å². The highest BCUT2D eigenvalue weighted by molar-refractivity contribution is 5.83. The number of benzene rings is 2. The van der Waals surface area contributed by atoms with Crippen LogP contribution in [0, 0.1) is 11.6 Å². The first-order valence-electron chi connectivity index (χ1n) is 7.68. The van der Waals surface area contributed by atoms with Gasteiger partial charge in [0.25, 0.3) is 0 Å². The molecular weight excluding hydrogens is 355 g/mol. The van der Waals surface area contributed by atoms with Crippen LogP contribution in [-0.2, 0) is 6.42 Å². The molecule has 26 heavy (non-hydrogen) atoms. The summed E-state index contributed by atoms with van der Waals surface area (Å²) in [6.45, 7) is 1.90. The number of alkyl halides is 3. The van der Waals surface area contributed by atoms with Crippen molar-refractivity contribution >= 4 is 12.4 Å². The van der Waals surface area contributed by atoms with E-state index in [2.05, 4.69) is 14.9 Å². The molecule has 0 fully saturated rings. The Bertz CT molecular complexity index is 775. The van der Waals surface area contributed by atoms with E-state index in [-0.39, 0.29) is 11.3 Å². The SMILES string of the molecule is CCCc1cc(F)c(C=NN=Cc2ccc(OC(F)(F)F)cc2)c(F)c1. The van der Waals surface area contributed by atoms with Crippen molar-refractivity contribution in [2.75, 3.05) is 0 Å². The Morgan fingerprint density at radius 3 is 2.08 bits per heavy atom. The lowest BCUT2D eigenvalue weighted by Crippen LogP contribution is -2.16. The van der Waals surface area contributed by atoms with Crippen LogP contribution < -0.4 is 4.74 Å². The van der Waals surface area contributed by atoms with E-state index in [0.717, 1.165) is 24.8 Å². The summed E-state index contributed by atoms with van der Waals surface area (Å²) in [6, 6.07) is 7.39. The largest absolute Gasteiger partial charge is 0.573 e. The third kappa shape index (κ3) is 5.94. The smallest absolute Gasteiger partial charge is 0.406 e. The molecule has 2 aromatic carbocycles. The second-order valence-electron chi connectivity index (χ2n) is 5.33. The lowest BCUT2D eigenvalue weighted by Gasteiger charge is -2.08. The zero-order valence-electron chi connectivity index (χ0n) is 13.7. The fraction of sp³-hybridized carbons (Fsp3) is 0.222. The topological polar surface area (TPSA) is 34.0 Å². The predicted octanol–water partition coefficient (Wildman–Crippen LogP) is 5.27. The molecule has 0 aromatic heterocycles. The van der Waals surface area contributed by atoms with Gasteiger partial charge in [0.15, 0.2) is 0 Å². The van der Waals surface area contributed by atoms with E-state index in [4.69, 9.17) is 0 Å². The molecule has 138 valence electrons. The Morgan fingerprint density at radius 2 is 1.54 bits per heavy atom. The number of rotatable bonds is 6. The number of hydrogen-bond acceptors (Lipinski definition) is 3. The number of halogens is 5. The summed E-state index contributed by atoms with van der Waals surface area (Å²) in [7, 11) is 0. The van der Waals surface area contributed by atoms with E-state index in [1.807, 2.05) is 6.92 Å². The van der Waals surface area contributed by atoms with Crippen molar-refractivity contribution in [1.82, 2.24) is 0 Å². The Kier molecular flexibility index (Phi) is 6.43. The summed E-state index contributed by atoms with van der Waals surface area (Å²) in [4.78, 5) is 0. The van der Waals surface area contributed by atoms with Crippen LogP contribution in [-0.4, -0.2) is 18.8 Å². The average Bonchev–Trinajstić information content (AvgIpc) is 2.54. The van der Waals surface area contributed by atoms with Gasteiger partial charge in [0.1, 0.15) is 17.4 Å². The highest BCUT2D eigenvalue weighted by Crippen LogP contribution is 2.22. The Morgan fingerprint density at radius 1 is 0.962 bits per heavy atom. The molecule has 0 atom stereocenters. The first kappa shape index (κ1) is 19.6. The molecule has 8 heteroatoms. The maximum absolute atomic E-state index is 13.9. The molecule has 2 rings (SSSR count). The molecule has 0 aliphatic rings. The molecule has 0 aliphatic heterocycles. The molecule has 0 N–H and O–H groups in total. The second kappa shape index (κ2) is 8.55. The summed E-state index contributed by atoms with van der Waals surface area (Å²) < 4.78 is 67.7. The van der Waals surface area contributed by atoms with E-state index < -0.39 is 18.0 Å². The Hall–Kier alpha value is -2.77. The van der Waals surface area contributed by atoms with Crippen molar-refractivity contribution < 1.29 is 26.7 Å². The zero-order chi connectivity index (χ0) is 19.2. The zero-order valence-corrected chi connectivity index (χ0v) is 13.7. The first-order valence-corrected chi connectivity index (χ1v) is 7.68. The van der Waals surface area contributed by atoms with Crippen molar-refractivity contribution in [3.8, 4) is 5.75 Å². The van der Waals surface area contributed by atoms with Crippen LogP contribution in [0.4, 0.5) is 22.0 Å². The van der Waals surface area contributed by atoms with Gasteiger partial charge in [0, 0.05) is 0 Å². The van der Waals surface area contributed by atoms with Gasteiger partial charge >= 0.3 is 6.36 Å². The lowest BCUT2D eigenvalue weighted by atomic mass is 10.1. The van der Waals surface area contributed by atoms with E-state index in [0.29, 0.717) is 17.5 Å². The van der Waals surface area contributed by atoms with Crippen LogP contribution in [0.5, 0.6) is 5.75 Å². The summed E-state index contributed by atoms with van der Waals surface area (Å²) in [5.41, 5.74) is 0.691. The minimum absolute atomic E-state index is 0.309. The van der Waals surface area contributed by atoms with Crippen LogP contribution in [0.2, 0.25) is 0 Å². The van der Waals surface area contributed by atoms with Gasteiger partial charge in [0.05, 0.1) is 18.0 Å². The molecule has 0 aliphatic carbocycles. The number of nitrogens with zero attached hydrogens (tertiary/aromatic N) is 2. The standard InChI is InChI=1S/C18H15F5N2O/c1-2-3-13-8-16(19)15(17(20)9-13)11-25-24-10-12-4-6-14(7-5-12)26-18(21,22)23/h4-11H,2-3H2,1H3. The molecule has 0 unspecified atom stereocenters. The fourth-order valence-corrected chi connectivity index (χ4v) is 2.14. The van der Waals surface area contributed by atoms with Crippen LogP contribution in [0.3, 0.4) is 0 Å². The van der Waals surface area contributed by atoms with Crippen molar-refractivity contribution in [3.63, 3.8) is 0 Å². The maximum Gasteiger partial charge on any atom is 0.573 e. The molecule has 0 amide bonds. The quantitative estimate of drug-likeness (QED) is 0.388. The van der Waals surface area contributed by atoms with Gasteiger partial charge in [-0.2, -0.15) is 10.2 Å². The number of ether oxygens (including phenoxy) is 1. The lowest BCUT2D eigenvalue weighted by molar-refractivity contribution is -0.274. The Balaban J connectivity index is 2.04. The van der Waals surface area contributed by atoms with E-state index in [1.165, 1.54) is 30.5 Å². The van der Waals surface area contributed by atoms with Crippen molar-refractivity contribution in [2.45, 2.75) is 26.1 Å². The molecule has 2 aromatic rings. The van der Waals surface area contributed by atoms with Crippen LogP contribution in [0.25, 0.3) is 0 Å². The Labute approximate surface area is 146 Å². The normalized spacial score (nSPS) is 12.2. The molecule has 0 bridgehead atoms. The number of hydrogen-bond donors (Lipinski definition) is 0. The molecule has 0 heterocycles. The highest BCUT2D eigenvalue weighted by Gasteiger charge is 2.30. The predicted molar refractivity (Wildman–Crippen MR) is 88.7 cm³/mol. The van der Waals surface area contributed by atoms with Gasteiger partial charge in [-0.3, -0.25) is 0 Å². The van der Waals surface area contributed by atoms with Crippen LogP contribution >= 0.6 is 0 Å². The summed E-state index contributed by atoms with van der Waals surface area (Å²) >= 11 is 0. The van der Waals surface area contributed by atoms with E-state index in [1.54, 1.807) is 0 Å². The fourth-order valence-electron chi connectivity index (χ4n) is 2.14. The monoisotopic (exact) mass is 370 g/mol. The minimum atomic E-state index is -4.76. The van der Waals surface area contributed by atoms with E-state index in [9.17, 15) is 22.0 Å². The molecule has 0 spiro atoms. The minimum Gasteiger partial charge on any atom is -0.406 e. The summed E-state index contributed by atoms with van der Waals surface area (Å²) in [5, 5.41) is 7.20. The summed E-state index contributed by atoms with van der Waals surface area (Å²) in [6.07, 6.45) is -1.26. The molecular formula is C18H15F5N2O. The second-order valence-corrected chi connectivity index (χ2v) is 5.33. The van der Waals surface area contributed by atoms with Gasteiger partial charge in [-0.15, -0.1) is 13.2 Å². The van der Waals surface area contributed by atoms with Gasteiger partial charge in [-0.1, -0.05) is 13.3 Å². The van der Waals surface area contributed by atoms with Gasteiger partial charge in [-0.25, -0.2) is 8.78 Å². The van der Waals surface area contributed by atoms with Crippen molar-refractivity contribution in [2.24, 2.45) is 10.2 Å². The molecule has 0 saturated carbocycles. The average molecular weight is 370 g/mol. The molecule has 0 saturated heterocycles. The van der Waals surface area contributed by atoms with Crippen LogP contribution in [0.15, 0.2) is 46.6 Å². The van der Waals surface area contributed by atoms with Gasteiger partial charge in [0.2, 0.25) is 0 Å². The maximum atomic E-state index is 13.9. The van der Waals surface area contributed by atoms with E-state index >= 15 is 0 Å². The van der Waals surface area contributed by atoms with Crippen LogP contribution in [0.1, 0.15) is 30.0 Å².